The molecule has 2 heterocycles. The Hall–Kier alpha value is -3.09. The molecule has 1 atom stereocenters. The summed E-state index contributed by atoms with van der Waals surface area (Å²) in [6.07, 6.45) is 9.12. The maximum absolute atomic E-state index is 13.7. The highest BCUT2D eigenvalue weighted by molar-refractivity contribution is 7.96. The van der Waals surface area contributed by atoms with E-state index in [9.17, 15) is 4.79 Å². The van der Waals surface area contributed by atoms with Crippen molar-refractivity contribution < 1.29 is 9.47 Å². The van der Waals surface area contributed by atoms with E-state index in [0.717, 1.165) is 16.5 Å². The van der Waals surface area contributed by atoms with Crippen LogP contribution in [0.5, 0.6) is 5.75 Å². The predicted molar refractivity (Wildman–Crippen MR) is 145 cm³/mol. The summed E-state index contributed by atoms with van der Waals surface area (Å²) < 4.78 is 13.3. The van der Waals surface area contributed by atoms with Gasteiger partial charge < -0.3 is 9.47 Å². The summed E-state index contributed by atoms with van der Waals surface area (Å²) in [5.74, 6) is 1.31. The minimum absolute atomic E-state index is 0.0685. The lowest BCUT2D eigenvalue weighted by molar-refractivity contribution is 0.175. The van der Waals surface area contributed by atoms with E-state index in [-0.39, 0.29) is 16.5 Å². The number of benzene rings is 1. The van der Waals surface area contributed by atoms with E-state index < -0.39 is 0 Å². The molecular formula is C28H35N2O3S+. The number of aromatic nitrogens is 2. The zero-order valence-corrected chi connectivity index (χ0v) is 21.4. The van der Waals surface area contributed by atoms with E-state index in [4.69, 9.17) is 9.47 Å². The van der Waals surface area contributed by atoms with Crippen molar-refractivity contribution in [2.75, 3.05) is 32.3 Å². The molecule has 34 heavy (non-hydrogen) atoms. The molecule has 0 aliphatic rings. The molecule has 0 saturated carbocycles. The third kappa shape index (κ3) is 6.72. The molecule has 0 spiro atoms. The molecule has 0 bridgehead atoms. The minimum Gasteiger partial charge on any atom is -0.491 e. The fraction of sp³-hybridized carbons (Fsp3) is 0.286. The number of methoxy groups -OCH3 is 1. The monoisotopic (exact) mass is 479 g/mol. The van der Waals surface area contributed by atoms with Crippen LogP contribution in [0.15, 0.2) is 95.3 Å². The SMILES string of the molecule is C=C/C=C(\C=C)COCC[S+](C)c1c(OC)c2cccnc2n(Cc2ccccc2)c1=O.CC. The van der Waals surface area contributed by atoms with E-state index in [1.165, 1.54) is 0 Å². The Balaban J connectivity index is 0.00000199. The Morgan fingerprint density at radius 2 is 1.88 bits per heavy atom. The van der Waals surface area contributed by atoms with Gasteiger partial charge in [0.15, 0.2) is 5.75 Å². The largest absolute Gasteiger partial charge is 0.491 e. The minimum atomic E-state index is -0.378. The fourth-order valence-corrected chi connectivity index (χ4v) is 4.94. The Bertz CT molecular complexity index is 1170. The van der Waals surface area contributed by atoms with E-state index in [0.29, 0.717) is 41.8 Å². The highest BCUT2D eigenvalue weighted by atomic mass is 32.2. The van der Waals surface area contributed by atoms with Gasteiger partial charge in [0.2, 0.25) is 0 Å². The molecule has 3 aromatic rings. The number of ether oxygens (including phenoxy) is 2. The molecule has 0 saturated heterocycles. The zero-order valence-electron chi connectivity index (χ0n) is 20.6. The van der Waals surface area contributed by atoms with E-state index in [1.807, 2.05) is 62.4 Å². The van der Waals surface area contributed by atoms with Crippen molar-refractivity contribution >= 4 is 21.9 Å². The Labute approximate surface area is 205 Å². The van der Waals surface area contributed by atoms with E-state index in [1.54, 1.807) is 30.0 Å². The van der Waals surface area contributed by atoms with Gasteiger partial charge in [-0.3, -0.25) is 9.36 Å². The molecule has 2 aromatic heterocycles. The molecule has 0 amide bonds. The number of allylic oxidation sites excluding steroid dienone is 2. The summed E-state index contributed by atoms with van der Waals surface area (Å²) in [7, 11) is 1.23. The lowest BCUT2D eigenvalue weighted by atomic mass is 10.2. The summed E-state index contributed by atoms with van der Waals surface area (Å²) in [6.45, 7) is 12.9. The highest BCUT2D eigenvalue weighted by Gasteiger charge is 2.30. The Kier molecular flexibility index (Phi) is 11.4. The maximum atomic E-state index is 13.7. The topological polar surface area (TPSA) is 53.4 Å². The van der Waals surface area contributed by atoms with Gasteiger partial charge in [-0.1, -0.05) is 75.6 Å². The standard InChI is InChI=1S/C26H29N2O3S.C2H6/c1-5-11-20(6-2)19-31-16-17-32(4)24-23(30-3)22-14-10-15-27-25(22)28(26(24)29)18-21-12-8-7-9-13-21;1-2/h5-15H,1-2,16-19H2,3-4H3;1-2H3/q+1;/b20-11+;. The summed E-state index contributed by atoms with van der Waals surface area (Å²) in [4.78, 5) is 18.8. The van der Waals surface area contributed by atoms with Crippen LogP contribution in [0.3, 0.4) is 0 Å². The fourth-order valence-electron chi connectivity index (χ4n) is 3.45. The second-order valence-corrected chi connectivity index (χ2v) is 9.28. The third-order valence-corrected chi connectivity index (χ3v) is 6.90. The molecule has 0 N–H and O–H groups in total. The van der Waals surface area contributed by atoms with Gasteiger partial charge in [-0.25, -0.2) is 4.98 Å². The average molecular weight is 480 g/mol. The smallest absolute Gasteiger partial charge is 0.311 e. The highest BCUT2D eigenvalue weighted by Crippen LogP contribution is 2.30. The van der Waals surface area contributed by atoms with E-state index >= 15 is 0 Å². The Morgan fingerprint density at radius 1 is 1.15 bits per heavy atom. The van der Waals surface area contributed by atoms with Gasteiger partial charge >= 0.3 is 5.56 Å². The van der Waals surface area contributed by atoms with Crippen LogP contribution in [0.4, 0.5) is 0 Å². The molecule has 0 radical (unpaired) electrons. The second-order valence-electron chi connectivity index (χ2n) is 7.19. The average Bonchev–Trinajstić information content (AvgIpc) is 2.88. The number of nitrogens with zero attached hydrogens (tertiary/aromatic N) is 2. The zero-order chi connectivity index (χ0) is 24.9. The first kappa shape index (κ1) is 27.2. The van der Waals surface area contributed by atoms with Gasteiger partial charge in [-0.2, -0.15) is 0 Å². The van der Waals surface area contributed by atoms with Crippen molar-refractivity contribution in [2.24, 2.45) is 0 Å². The van der Waals surface area contributed by atoms with Crippen LogP contribution in [-0.2, 0) is 22.2 Å². The summed E-state index contributed by atoms with van der Waals surface area (Å²) in [5, 5.41) is 0.837. The molecule has 1 unspecified atom stereocenters. The Morgan fingerprint density at radius 3 is 2.53 bits per heavy atom. The van der Waals surface area contributed by atoms with Crippen molar-refractivity contribution in [3.8, 4) is 5.75 Å². The number of pyridine rings is 2. The van der Waals surface area contributed by atoms with Crippen molar-refractivity contribution in [1.82, 2.24) is 9.55 Å². The van der Waals surface area contributed by atoms with Crippen LogP contribution < -0.4 is 10.3 Å². The van der Waals surface area contributed by atoms with Crippen molar-refractivity contribution in [3.05, 3.63) is 102 Å². The first-order valence-corrected chi connectivity index (χ1v) is 13.1. The molecule has 6 heteroatoms. The van der Waals surface area contributed by atoms with Crippen LogP contribution >= 0.6 is 0 Å². The van der Waals surface area contributed by atoms with Crippen LogP contribution in [-0.4, -0.2) is 41.9 Å². The number of hydrogen-bond donors (Lipinski definition) is 0. The maximum Gasteiger partial charge on any atom is 0.311 e. The molecule has 3 rings (SSSR count). The quantitative estimate of drug-likeness (QED) is 0.210. The number of fused-ring (bicyclic) bond motifs is 1. The molecule has 1 aromatic carbocycles. The first-order valence-electron chi connectivity index (χ1n) is 11.3. The lowest BCUT2D eigenvalue weighted by Crippen LogP contribution is -2.29. The third-order valence-electron chi connectivity index (χ3n) is 5.07. The van der Waals surface area contributed by atoms with Crippen LogP contribution in [0.2, 0.25) is 0 Å². The molecule has 0 aliphatic heterocycles. The lowest BCUT2D eigenvalue weighted by Gasteiger charge is -2.15. The number of rotatable bonds is 11. The van der Waals surface area contributed by atoms with Crippen molar-refractivity contribution in [3.63, 3.8) is 0 Å². The normalized spacial score (nSPS) is 11.9. The van der Waals surface area contributed by atoms with Crippen molar-refractivity contribution in [1.29, 1.82) is 0 Å². The number of hydrogen-bond acceptors (Lipinski definition) is 4. The van der Waals surface area contributed by atoms with Gasteiger partial charge in [0.05, 0.1) is 32.3 Å². The second kappa shape index (κ2) is 14.2. The van der Waals surface area contributed by atoms with Crippen LogP contribution in [0, 0.1) is 0 Å². The van der Waals surface area contributed by atoms with Crippen LogP contribution in [0.25, 0.3) is 11.0 Å². The van der Waals surface area contributed by atoms with Gasteiger partial charge in [0, 0.05) is 17.1 Å². The van der Waals surface area contributed by atoms with Gasteiger partial charge in [0.1, 0.15) is 17.7 Å². The van der Waals surface area contributed by atoms with Crippen LogP contribution in [0.1, 0.15) is 19.4 Å². The predicted octanol–water partition coefficient (Wildman–Crippen LogP) is 5.40. The van der Waals surface area contributed by atoms with E-state index in [2.05, 4.69) is 24.4 Å². The van der Waals surface area contributed by atoms with Gasteiger partial charge in [-0.15, -0.1) is 0 Å². The summed E-state index contributed by atoms with van der Waals surface area (Å²) >= 11 is 0. The summed E-state index contributed by atoms with van der Waals surface area (Å²) in [5.41, 5.74) is 2.57. The first-order chi connectivity index (χ1) is 16.6. The molecule has 0 fully saturated rings. The van der Waals surface area contributed by atoms with Crippen molar-refractivity contribution in [2.45, 2.75) is 25.3 Å². The van der Waals surface area contributed by atoms with Gasteiger partial charge in [-0.05, 0) is 23.3 Å². The molecule has 180 valence electrons. The molecular weight excluding hydrogens is 444 g/mol. The molecule has 0 aliphatic carbocycles. The van der Waals surface area contributed by atoms with Gasteiger partial charge in [0.25, 0.3) is 4.90 Å². The summed E-state index contributed by atoms with van der Waals surface area (Å²) in [6, 6.07) is 13.8. The molecule has 5 nitrogen and oxygen atoms in total.